The molecule has 212 valence electrons. The number of hydrogen-bond acceptors (Lipinski definition) is 3. The highest BCUT2D eigenvalue weighted by Gasteiger charge is 2.66. The van der Waals surface area contributed by atoms with Crippen molar-refractivity contribution >= 4 is 5.78 Å². The third kappa shape index (κ3) is 4.62. The SMILES string of the molecule is CC1(C)CCC(O)(CCC[C@@H]2CC[C@H]3[C@@H]4CC[C@@H]5C[C@](O)(C(F)(F)F)CC[C@]5(C)[C@H]4C(=O)C[C@]23C)CC1. The van der Waals surface area contributed by atoms with Gasteiger partial charge in [-0.05, 0) is 123 Å². The van der Waals surface area contributed by atoms with Gasteiger partial charge in [0.1, 0.15) is 5.78 Å². The first-order valence-electron chi connectivity index (χ1n) is 15.1. The predicted molar refractivity (Wildman–Crippen MR) is 138 cm³/mol. The molecule has 0 bridgehead atoms. The van der Waals surface area contributed by atoms with E-state index < -0.39 is 22.8 Å². The Labute approximate surface area is 221 Å². The van der Waals surface area contributed by atoms with Gasteiger partial charge in [-0.1, -0.05) is 34.1 Å². The van der Waals surface area contributed by atoms with Crippen LogP contribution in [0, 0.1) is 45.8 Å². The van der Waals surface area contributed by atoms with E-state index in [4.69, 9.17) is 0 Å². The van der Waals surface area contributed by atoms with Gasteiger partial charge in [0, 0.05) is 12.3 Å². The number of halogens is 3. The van der Waals surface area contributed by atoms with E-state index in [1.807, 2.05) is 0 Å². The average Bonchev–Trinajstić information content (AvgIpc) is 3.11. The van der Waals surface area contributed by atoms with Crippen LogP contribution in [-0.2, 0) is 4.79 Å². The van der Waals surface area contributed by atoms with Crippen molar-refractivity contribution in [1.29, 1.82) is 0 Å². The number of carbonyl (C=O) groups excluding carboxylic acids is 1. The maximum absolute atomic E-state index is 13.8. The lowest BCUT2D eigenvalue weighted by Crippen LogP contribution is -2.61. The van der Waals surface area contributed by atoms with Gasteiger partial charge in [0.2, 0.25) is 0 Å². The van der Waals surface area contributed by atoms with Crippen molar-refractivity contribution in [3.8, 4) is 0 Å². The van der Waals surface area contributed by atoms with Gasteiger partial charge in [-0.25, -0.2) is 0 Å². The maximum Gasteiger partial charge on any atom is 0.417 e. The topological polar surface area (TPSA) is 57.5 Å². The Morgan fingerprint density at radius 1 is 0.865 bits per heavy atom. The standard InChI is InChI=1S/C31H49F3O3/c1-26(2)12-15-29(36,16-13-26)11-5-6-20-8-10-23-22-9-7-21-18-30(37,31(32,33)34)17-14-27(21,3)25(22)24(35)19-28(20,23)4/h20-23,25,36-37H,5-19H2,1-4H3/t20-,21-,22+,23+,25-,27+,28-,30+/m1/s1. The van der Waals surface area contributed by atoms with Crippen LogP contribution in [0.25, 0.3) is 0 Å². The summed E-state index contributed by atoms with van der Waals surface area (Å²) in [5.74, 6) is 1.07. The van der Waals surface area contributed by atoms with Gasteiger partial charge in [-0.2, -0.15) is 13.2 Å². The molecule has 2 N–H and O–H groups in total. The molecule has 0 amide bonds. The van der Waals surface area contributed by atoms with Crippen molar-refractivity contribution in [3.05, 3.63) is 0 Å². The smallest absolute Gasteiger partial charge is 0.390 e. The summed E-state index contributed by atoms with van der Waals surface area (Å²) >= 11 is 0. The zero-order chi connectivity index (χ0) is 27.1. The number of aliphatic hydroxyl groups is 2. The van der Waals surface area contributed by atoms with E-state index >= 15 is 0 Å². The van der Waals surface area contributed by atoms with E-state index in [0.29, 0.717) is 30.1 Å². The van der Waals surface area contributed by atoms with Crippen LogP contribution in [0.2, 0.25) is 0 Å². The van der Waals surface area contributed by atoms with Crippen molar-refractivity contribution in [2.75, 3.05) is 0 Å². The highest BCUT2D eigenvalue weighted by atomic mass is 19.4. The lowest BCUT2D eigenvalue weighted by Gasteiger charge is -2.61. The molecule has 37 heavy (non-hydrogen) atoms. The van der Waals surface area contributed by atoms with E-state index in [1.54, 1.807) is 0 Å². The van der Waals surface area contributed by atoms with Crippen LogP contribution >= 0.6 is 0 Å². The van der Waals surface area contributed by atoms with Crippen LogP contribution in [0.4, 0.5) is 13.2 Å². The summed E-state index contributed by atoms with van der Waals surface area (Å²) in [4.78, 5) is 13.8. The molecule has 0 aromatic heterocycles. The van der Waals surface area contributed by atoms with Crippen molar-refractivity contribution in [1.82, 2.24) is 0 Å². The summed E-state index contributed by atoms with van der Waals surface area (Å²) in [6.45, 7) is 8.96. The Hall–Kier alpha value is -0.620. The molecule has 0 saturated heterocycles. The van der Waals surface area contributed by atoms with Crippen molar-refractivity contribution in [2.45, 2.75) is 141 Å². The molecule has 5 aliphatic carbocycles. The van der Waals surface area contributed by atoms with Crippen LogP contribution in [-0.4, -0.2) is 33.4 Å². The van der Waals surface area contributed by atoms with Gasteiger partial charge in [0.05, 0.1) is 5.60 Å². The summed E-state index contributed by atoms with van der Waals surface area (Å²) < 4.78 is 40.9. The molecule has 0 aliphatic heterocycles. The molecule has 0 aromatic carbocycles. The monoisotopic (exact) mass is 526 g/mol. The minimum Gasteiger partial charge on any atom is -0.390 e. The Kier molecular flexibility index (Phi) is 6.75. The zero-order valence-corrected chi connectivity index (χ0v) is 23.4. The second-order valence-electron chi connectivity index (χ2n) is 15.5. The summed E-state index contributed by atoms with van der Waals surface area (Å²) in [5, 5.41) is 21.6. The zero-order valence-electron chi connectivity index (χ0n) is 23.4. The van der Waals surface area contributed by atoms with Crippen molar-refractivity contribution in [2.24, 2.45) is 45.8 Å². The van der Waals surface area contributed by atoms with Crippen LogP contribution in [0.15, 0.2) is 0 Å². The lowest BCUT2D eigenvalue weighted by atomic mass is 9.43. The molecular formula is C31H49F3O3. The van der Waals surface area contributed by atoms with Crippen LogP contribution in [0.1, 0.15) is 124 Å². The second-order valence-corrected chi connectivity index (χ2v) is 15.5. The van der Waals surface area contributed by atoms with Gasteiger partial charge in [0.15, 0.2) is 5.60 Å². The number of alkyl halides is 3. The second kappa shape index (κ2) is 8.94. The molecule has 0 heterocycles. The van der Waals surface area contributed by atoms with Gasteiger partial charge < -0.3 is 10.2 Å². The summed E-state index contributed by atoms with van der Waals surface area (Å²) in [6.07, 6.45) is 6.23. The minimum atomic E-state index is -4.61. The van der Waals surface area contributed by atoms with Crippen LogP contribution in [0.3, 0.4) is 0 Å². The Balaban J connectivity index is 1.25. The Morgan fingerprint density at radius 2 is 1.54 bits per heavy atom. The fourth-order valence-electron chi connectivity index (χ4n) is 10.2. The normalized spacial score (nSPS) is 47.2. The molecule has 3 nitrogen and oxygen atoms in total. The van der Waals surface area contributed by atoms with Crippen molar-refractivity contribution < 1.29 is 28.2 Å². The van der Waals surface area contributed by atoms with E-state index in [-0.39, 0.29) is 48.2 Å². The number of hydrogen-bond donors (Lipinski definition) is 2. The van der Waals surface area contributed by atoms with E-state index in [0.717, 1.165) is 64.2 Å². The molecular weight excluding hydrogens is 477 g/mol. The fraction of sp³-hybridized carbons (Fsp3) is 0.968. The largest absolute Gasteiger partial charge is 0.417 e. The van der Waals surface area contributed by atoms with E-state index in [9.17, 15) is 28.2 Å². The number of Topliss-reactive ketones (excluding diaryl/α,β-unsaturated/α-hetero) is 1. The molecule has 0 aromatic rings. The molecule has 0 spiro atoms. The first-order chi connectivity index (χ1) is 17.0. The lowest BCUT2D eigenvalue weighted by molar-refractivity contribution is -0.288. The van der Waals surface area contributed by atoms with Gasteiger partial charge in [0.25, 0.3) is 0 Å². The first-order valence-corrected chi connectivity index (χ1v) is 15.1. The van der Waals surface area contributed by atoms with Crippen molar-refractivity contribution in [3.63, 3.8) is 0 Å². The molecule has 6 heteroatoms. The van der Waals surface area contributed by atoms with Crippen LogP contribution < -0.4 is 0 Å². The fourth-order valence-corrected chi connectivity index (χ4v) is 10.2. The number of carbonyl (C=O) groups is 1. The summed E-state index contributed by atoms with van der Waals surface area (Å²) in [7, 11) is 0. The Bertz CT molecular complexity index is 889. The van der Waals surface area contributed by atoms with E-state index in [1.165, 1.54) is 0 Å². The first kappa shape index (κ1) is 27.9. The number of rotatable bonds is 4. The minimum absolute atomic E-state index is 0.0278. The average molecular weight is 527 g/mol. The van der Waals surface area contributed by atoms with Crippen LogP contribution in [0.5, 0.6) is 0 Å². The molecule has 0 unspecified atom stereocenters. The van der Waals surface area contributed by atoms with Gasteiger partial charge in [-0.15, -0.1) is 0 Å². The summed E-state index contributed by atoms with van der Waals surface area (Å²) in [6, 6.07) is 0. The summed E-state index contributed by atoms with van der Waals surface area (Å²) in [5.41, 5.74) is -3.27. The third-order valence-corrected chi connectivity index (χ3v) is 12.9. The molecule has 5 fully saturated rings. The molecule has 5 aliphatic rings. The number of ketones is 1. The van der Waals surface area contributed by atoms with E-state index in [2.05, 4.69) is 27.7 Å². The van der Waals surface area contributed by atoms with Gasteiger partial charge in [-0.3, -0.25) is 4.79 Å². The molecule has 5 rings (SSSR count). The number of fused-ring (bicyclic) bond motifs is 5. The highest BCUT2D eigenvalue weighted by Crippen LogP contribution is 2.68. The maximum atomic E-state index is 13.8. The molecule has 0 radical (unpaired) electrons. The predicted octanol–water partition coefficient (Wildman–Crippen LogP) is 7.62. The molecule has 8 atom stereocenters. The molecule has 5 saturated carbocycles. The highest BCUT2D eigenvalue weighted by molar-refractivity contribution is 5.84. The third-order valence-electron chi connectivity index (χ3n) is 12.9. The van der Waals surface area contributed by atoms with Gasteiger partial charge >= 0.3 is 6.18 Å². The quantitative estimate of drug-likeness (QED) is 0.396. The Morgan fingerprint density at radius 3 is 2.19 bits per heavy atom.